The van der Waals surface area contributed by atoms with E-state index in [9.17, 15) is 20.0 Å². The quantitative estimate of drug-likeness (QED) is 0.282. The van der Waals surface area contributed by atoms with Gasteiger partial charge in [0.15, 0.2) is 17.2 Å². The summed E-state index contributed by atoms with van der Waals surface area (Å²) in [6.45, 7) is 0. The van der Waals surface area contributed by atoms with Crippen LogP contribution in [0.2, 0.25) is 5.02 Å². The van der Waals surface area contributed by atoms with Crippen molar-refractivity contribution in [1.29, 1.82) is 0 Å². The van der Waals surface area contributed by atoms with Gasteiger partial charge in [0, 0.05) is 22.2 Å². The highest BCUT2D eigenvalue weighted by atomic mass is 35.5. The predicted molar refractivity (Wildman–Crippen MR) is 109 cm³/mol. The minimum absolute atomic E-state index is 0.0286. The third kappa shape index (κ3) is 3.41. The molecule has 0 spiro atoms. The number of non-ortho nitro benzene ring substituents is 1. The van der Waals surface area contributed by atoms with Crippen LogP contribution in [0.25, 0.3) is 16.2 Å². The monoisotopic (exact) mass is 430 g/mol. The van der Waals surface area contributed by atoms with E-state index in [-0.39, 0.29) is 28.8 Å². The van der Waals surface area contributed by atoms with Gasteiger partial charge in [0.1, 0.15) is 4.88 Å². The molecule has 1 aliphatic rings. The average molecular weight is 431 g/mol. The number of thiophene rings is 1. The molecular formula is C19H11ClN2O6S. The number of ether oxygens (including phenoxy) is 2. The van der Waals surface area contributed by atoms with Crippen molar-refractivity contribution >= 4 is 56.7 Å². The molecule has 4 rings (SSSR count). The van der Waals surface area contributed by atoms with Crippen molar-refractivity contribution in [1.82, 2.24) is 0 Å². The van der Waals surface area contributed by atoms with Crippen molar-refractivity contribution in [3.05, 3.63) is 67.7 Å². The van der Waals surface area contributed by atoms with Crippen LogP contribution in [0, 0.1) is 10.1 Å². The number of cyclic esters (lactones) is 1. The average Bonchev–Trinajstić information content (AvgIpc) is 3.22. The van der Waals surface area contributed by atoms with Gasteiger partial charge in [-0.25, -0.2) is 9.79 Å². The van der Waals surface area contributed by atoms with Gasteiger partial charge in [0.25, 0.3) is 5.69 Å². The highest BCUT2D eigenvalue weighted by Crippen LogP contribution is 2.39. The molecule has 2 heterocycles. The van der Waals surface area contributed by atoms with Crippen molar-refractivity contribution in [2.45, 2.75) is 0 Å². The Labute approximate surface area is 172 Å². The molecule has 146 valence electrons. The van der Waals surface area contributed by atoms with E-state index in [4.69, 9.17) is 21.1 Å². The number of nitrogens with zero attached hydrogens (tertiary/aromatic N) is 2. The normalized spacial score (nSPS) is 14.9. The molecule has 0 fully saturated rings. The van der Waals surface area contributed by atoms with Gasteiger partial charge < -0.3 is 14.6 Å². The van der Waals surface area contributed by atoms with Gasteiger partial charge in [0.2, 0.25) is 5.90 Å². The topological polar surface area (TPSA) is 111 Å². The maximum atomic E-state index is 12.2. The summed E-state index contributed by atoms with van der Waals surface area (Å²) < 4.78 is 10.9. The number of aliphatic imine (C=N–C) groups is 1. The van der Waals surface area contributed by atoms with Crippen LogP contribution in [0.4, 0.5) is 5.69 Å². The molecule has 0 saturated carbocycles. The number of phenols is 1. The van der Waals surface area contributed by atoms with Crippen LogP contribution in [0.1, 0.15) is 10.4 Å². The maximum Gasteiger partial charge on any atom is 0.363 e. The fraction of sp³-hybridized carbons (Fsp3) is 0.0526. The van der Waals surface area contributed by atoms with E-state index >= 15 is 0 Å². The Morgan fingerprint density at radius 3 is 2.83 bits per heavy atom. The molecule has 0 bridgehead atoms. The first-order chi connectivity index (χ1) is 13.9. The number of rotatable bonds is 4. The lowest BCUT2D eigenvalue weighted by molar-refractivity contribution is -0.384. The number of hydrogen-bond acceptors (Lipinski definition) is 8. The summed E-state index contributed by atoms with van der Waals surface area (Å²) in [4.78, 5) is 27.3. The highest BCUT2D eigenvalue weighted by Gasteiger charge is 2.28. The molecule has 1 N–H and O–H groups in total. The van der Waals surface area contributed by atoms with Gasteiger partial charge in [-0.15, -0.1) is 11.3 Å². The molecule has 0 atom stereocenters. The Kier molecular flexibility index (Phi) is 4.69. The molecule has 0 radical (unpaired) electrons. The van der Waals surface area contributed by atoms with Crippen molar-refractivity contribution in [3.63, 3.8) is 0 Å². The second-order valence-electron chi connectivity index (χ2n) is 5.95. The van der Waals surface area contributed by atoms with E-state index in [0.29, 0.717) is 25.5 Å². The zero-order chi connectivity index (χ0) is 20.7. The summed E-state index contributed by atoms with van der Waals surface area (Å²) in [5.41, 5.74) is 0.566. The van der Waals surface area contributed by atoms with Crippen LogP contribution in [-0.2, 0) is 9.53 Å². The maximum absolute atomic E-state index is 12.2. The molecule has 1 aromatic heterocycles. The predicted octanol–water partition coefficient (Wildman–Crippen LogP) is 4.52. The van der Waals surface area contributed by atoms with Crippen LogP contribution < -0.4 is 4.74 Å². The number of benzene rings is 2. The van der Waals surface area contributed by atoms with Crippen LogP contribution in [0.15, 0.2) is 47.1 Å². The molecule has 8 nitrogen and oxygen atoms in total. The van der Waals surface area contributed by atoms with Crippen molar-refractivity contribution in [2.24, 2.45) is 4.99 Å². The number of carbonyl (C=O) groups excluding carboxylic acids is 1. The SMILES string of the molecule is COc1cc(/C=C2/N=C(c3sc4cc([N+](=O)[O-])ccc4c3Cl)OC2=O)ccc1O. The Hall–Kier alpha value is -3.43. The number of hydrogen-bond donors (Lipinski definition) is 1. The zero-order valence-corrected chi connectivity index (χ0v) is 16.3. The van der Waals surface area contributed by atoms with Crippen molar-refractivity contribution in [3.8, 4) is 11.5 Å². The Morgan fingerprint density at radius 2 is 2.10 bits per heavy atom. The van der Waals surface area contributed by atoms with Crippen LogP contribution in [-0.4, -0.2) is 29.0 Å². The Bertz CT molecular complexity index is 1250. The first-order valence-corrected chi connectivity index (χ1v) is 9.33. The zero-order valence-electron chi connectivity index (χ0n) is 14.7. The van der Waals surface area contributed by atoms with E-state index < -0.39 is 10.9 Å². The second-order valence-corrected chi connectivity index (χ2v) is 7.38. The fourth-order valence-electron chi connectivity index (χ4n) is 2.75. The lowest BCUT2D eigenvalue weighted by Gasteiger charge is -2.03. The van der Waals surface area contributed by atoms with E-state index in [1.54, 1.807) is 18.2 Å². The lowest BCUT2D eigenvalue weighted by atomic mass is 10.1. The number of carbonyl (C=O) groups is 1. The molecule has 0 aliphatic carbocycles. The molecule has 2 aromatic carbocycles. The summed E-state index contributed by atoms with van der Waals surface area (Å²) in [5.74, 6) is -0.407. The number of halogens is 1. The first-order valence-electron chi connectivity index (χ1n) is 8.13. The van der Waals surface area contributed by atoms with E-state index in [0.717, 1.165) is 11.3 Å². The van der Waals surface area contributed by atoms with Gasteiger partial charge in [-0.1, -0.05) is 17.7 Å². The molecule has 0 saturated heterocycles. The number of phenolic OH excluding ortho intramolecular Hbond substituents is 1. The van der Waals surface area contributed by atoms with E-state index in [1.165, 1.54) is 31.4 Å². The minimum Gasteiger partial charge on any atom is -0.504 e. The van der Waals surface area contributed by atoms with E-state index in [2.05, 4.69) is 4.99 Å². The molecule has 29 heavy (non-hydrogen) atoms. The van der Waals surface area contributed by atoms with E-state index in [1.807, 2.05) is 0 Å². The van der Waals surface area contributed by atoms with Crippen molar-refractivity contribution < 1.29 is 24.3 Å². The summed E-state index contributed by atoms with van der Waals surface area (Å²) >= 11 is 7.53. The Balaban J connectivity index is 1.74. The number of nitro benzene ring substituents is 1. The van der Waals surface area contributed by atoms with Crippen LogP contribution in [0.5, 0.6) is 11.5 Å². The van der Waals surface area contributed by atoms with Crippen LogP contribution in [0.3, 0.4) is 0 Å². The summed E-state index contributed by atoms with van der Waals surface area (Å²) in [6.07, 6.45) is 1.49. The summed E-state index contributed by atoms with van der Waals surface area (Å²) in [5, 5.41) is 21.6. The van der Waals surface area contributed by atoms with Crippen molar-refractivity contribution in [2.75, 3.05) is 7.11 Å². The third-order valence-corrected chi connectivity index (χ3v) is 5.79. The molecule has 0 unspecified atom stereocenters. The molecule has 0 amide bonds. The summed E-state index contributed by atoms with van der Waals surface area (Å²) in [6, 6.07) is 8.90. The van der Waals surface area contributed by atoms with Gasteiger partial charge in [-0.3, -0.25) is 10.1 Å². The molecule has 3 aromatic rings. The van der Waals surface area contributed by atoms with Gasteiger partial charge in [0.05, 0.1) is 17.1 Å². The van der Waals surface area contributed by atoms with Crippen LogP contribution >= 0.6 is 22.9 Å². The fourth-order valence-corrected chi connectivity index (χ4v) is 4.22. The van der Waals surface area contributed by atoms with Gasteiger partial charge >= 0.3 is 5.97 Å². The summed E-state index contributed by atoms with van der Waals surface area (Å²) in [7, 11) is 1.42. The number of aromatic hydroxyl groups is 1. The first kappa shape index (κ1) is 18.9. The smallest absolute Gasteiger partial charge is 0.363 e. The minimum atomic E-state index is -0.661. The standard InChI is InChI=1S/C19H11ClN2O6S/c1-27-14-7-9(2-5-13(14)23)6-12-19(24)28-18(21-12)17-16(20)11-4-3-10(22(25)26)8-15(11)29-17/h2-8,23H,1H3/b12-6+. The number of nitro groups is 1. The third-order valence-electron chi connectivity index (χ3n) is 4.15. The lowest BCUT2D eigenvalue weighted by Crippen LogP contribution is -2.04. The number of fused-ring (bicyclic) bond motifs is 1. The molecular weight excluding hydrogens is 420 g/mol. The second kappa shape index (κ2) is 7.19. The number of esters is 1. The Morgan fingerprint density at radius 1 is 1.31 bits per heavy atom. The largest absolute Gasteiger partial charge is 0.504 e. The van der Waals surface area contributed by atoms with Gasteiger partial charge in [-0.05, 0) is 29.8 Å². The number of methoxy groups -OCH3 is 1. The van der Waals surface area contributed by atoms with Gasteiger partial charge in [-0.2, -0.15) is 0 Å². The molecule has 1 aliphatic heterocycles. The molecule has 10 heteroatoms. The highest BCUT2D eigenvalue weighted by molar-refractivity contribution is 7.21.